The first-order chi connectivity index (χ1) is 15.2. The van der Waals surface area contributed by atoms with Crippen LogP contribution in [0.4, 0.5) is 4.39 Å². The maximum absolute atomic E-state index is 16.3. The highest BCUT2D eigenvalue weighted by Gasteiger charge is 2.39. The van der Waals surface area contributed by atoms with Gasteiger partial charge in [-0.1, -0.05) is 61.9 Å². The Morgan fingerprint density at radius 3 is 2.31 bits per heavy atom. The quantitative estimate of drug-likeness (QED) is 0.358. The van der Waals surface area contributed by atoms with Gasteiger partial charge in [-0.25, -0.2) is 9.07 Å². The fourth-order valence-electron chi connectivity index (χ4n) is 5.34. The minimum Gasteiger partial charge on any atom is -0.229 e. The first kappa shape index (κ1) is 20.2. The molecule has 4 aromatic rings. The molecule has 32 heavy (non-hydrogen) atoms. The van der Waals surface area contributed by atoms with Crippen LogP contribution in [0.2, 0.25) is 0 Å². The average molecular weight is 422 g/mol. The Labute approximate surface area is 187 Å². The first-order valence-electron chi connectivity index (χ1n) is 10.8. The van der Waals surface area contributed by atoms with E-state index in [1.165, 1.54) is 5.56 Å². The molecule has 3 aromatic carbocycles. The molecular formula is C28H24FN3. The highest BCUT2D eigenvalue weighted by Crippen LogP contribution is 2.50. The van der Waals surface area contributed by atoms with Crippen LogP contribution in [0.3, 0.4) is 0 Å². The van der Waals surface area contributed by atoms with E-state index in [1.807, 2.05) is 38.1 Å². The zero-order valence-corrected chi connectivity index (χ0v) is 18.9. The van der Waals surface area contributed by atoms with E-state index in [0.717, 1.165) is 39.1 Å². The van der Waals surface area contributed by atoms with Gasteiger partial charge in [0.2, 0.25) is 0 Å². The minimum absolute atomic E-state index is 0.266. The molecule has 0 unspecified atom stereocenters. The number of aromatic nitrogens is 2. The Morgan fingerprint density at radius 2 is 1.62 bits per heavy atom. The number of nitrogens with zero attached hydrogens (tertiary/aromatic N) is 3. The molecule has 0 bridgehead atoms. The number of rotatable bonds is 2. The standard InChI is InChI=1S/C28H24FN3/c1-16-12-17(2)25(18(3)13-16)24-14-19(15-30)31-32(24)23-11-10-21-20-8-6-7-9-22(20)28(4,5)26(21)27(23)29/h6-14H,1-5H3. The number of aryl methyl sites for hydroxylation is 3. The number of benzene rings is 3. The number of nitriles is 1. The van der Waals surface area contributed by atoms with E-state index in [1.54, 1.807) is 16.8 Å². The van der Waals surface area contributed by atoms with Crippen LogP contribution < -0.4 is 0 Å². The van der Waals surface area contributed by atoms with E-state index in [0.29, 0.717) is 11.3 Å². The van der Waals surface area contributed by atoms with Crippen LogP contribution in [0.15, 0.2) is 54.6 Å². The molecule has 3 nitrogen and oxygen atoms in total. The summed E-state index contributed by atoms with van der Waals surface area (Å²) in [6.45, 7) is 10.3. The van der Waals surface area contributed by atoms with Crippen molar-refractivity contribution < 1.29 is 4.39 Å². The van der Waals surface area contributed by atoms with E-state index < -0.39 is 5.41 Å². The van der Waals surface area contributed by atoms with E-state index in [9.17, 15) is 5.26 Å². The van der Waals surface area contributed by atoms with Crippen LogP contribution in [-0.4, -0.2) is 9.78 Å². The molecule has 0 saturated carbocycles. The predicted octanol–water partition coefficient (Wildman–Crippen LogP) is 6.78. The van der Waals surface area contributed by atoms with E-state index in [2.05, 4.69) is 50.1 Å². The fraction of sp³-hybridized carbons (Fsp3) is 0.214. The van der Waals surface area contributed by atoms with Gasteiger partial charge in [-0.05, 0) is 54.7 Å². The SMILES string of the molecule is Cc1cc(C)c(-c2cc(C#N)nn2-c2ccc3c(c2F)C(C)(C)c2ccccc2-3)c(C)c1. The second-order valence-corrected chi connectivity index (χ2v) is 9.20. The van der Waals surface area contributed by atoms with Gasteiger partial charge in [0.05, 0.1) is 5.69 Å². The molecule has 158 valence electrons. The van der Waals surface area contributed by atoms with Crippen LogP contribution in [0.25, 0.3) is 28.1 Å². The van der Waals surface area contributed by atoms with Crippen molar-refractivity contribution in [2.24, 2.45) is 0 Å². The zero-order chi connectivity index (χ0) is 22.8. The third kappa shape index (κ3) is 2.74. The topological polar surface area (TPSA) is 41.6 Å². The minimum atomic E-state index is -0.465. The van der Waals surface area contributed by atoms with Crippen LogP contribution in [0.5, 0.6) is 0 Å². The highest BCUT2D eigenvalue weighted by molar-refractivity contribution is 5.82. The van der Waals surface area contributed by atoms with Gasteiger partial charge in [0.1, 0.15) is 11.8 Å². The second kappa shape index (κ2) is 6.90. The van der Waals surface area contributed by atoms with Crippen molar-refractivity contribution in [3.8, 4) is 34.1 Å². The molecule has 1 aliphatic carbocycles. The third-order valence-corrected chi connectivity index (χ3v) is 6.62. The summed E-state index contributed by atoms with van der Waals surface area (Å²) in [7, 11) is 0. The van der Waals surface area contributed by atoms with Crippen molar-refractivity contribution in [2.45, 2.75) is 40.0 Å². The third-order valence-electron chi connectivity index (χ3n) is 6.62. The largest absolute Gasteiger partial charge is 0.229 e. The molecule has 0 fully saturated rings. The summed E-state index contributed by atoms with van der Waals surface area (Å²) in [6.07, 6.45) is 0. The van der Waals surface area contributed by atoms with Gasteiger partial charge < -0.3 is 0 Å². The Hall–Kier alpha value is -3.71. The van der Waals surface area contributed by atoms with Crippen molar-refractivity contribution in [2.75, 3.05) is 0 Å². The van der Waals surface area contributed by atoms with Crippen LogP contribution in [0.1, 0.15) is 47.4 Å². The molecule has 1 heterocycles. The number of halogens is 1. The van der Waals surface area contributed by atoms with Gasteiger partial charge in [-0.2, -0.15) is 10.4 Å². The summed E-state index contributed by atoms with van der Waals surface area (Å²) >= 11 is 0. The Kier molecular flexibility index (Phi) is 4.36. The molecule has 0 atom stereocenters. The fourth-order valence-corrected chi connectivity index (χ4v) is 5.34. The molecule has 4 heteroatoms. The van der Waals surface area contributed by atoms with Gasteiger partial charge in [-0.3, -0.25) is 0 Å². The highest BCUT2D eigenvalue weighted by atomic mass is 19.1. The number of hydrogen-bond donors (Lipinski definition) is 0. The Bertz CT molecular complexity index is 1430. The smallest absolute Gasteiger partial charge is 0.163 e. The van der Waals surface area contributed by atoms with E-state index >= 15 is 4.39 Å². The summed E-state index contributed by atoms with van der Waals surface area (Å²) < 4.78 is 17.8. The summed E-state index contributed by atoms with van der Waals surface area (Å²) in [5, 5.41) is 14.0. The van der Waals surface area contributed by atoms with Crippen molar-refractivity contribution >= 4 is 0 Å². The van der Waals surface area contributed by atoms with Gasteiger partial charge in [0, 0.05) is 22.6 Å². The normalized spacial score (nSPS) is 13.5. The van der Waals surface area contributed by atoms with Gasteiger partial charge in [0.15, 0.2) is 11.5 Å². The first-order valence-corrected chi connectivity index (χ1v) is 10.8. The molecule has 0 spiro atoms. The van der Waals surface area contributed by atoms with E-state index in [-0.39, 0.29) is 11.5 Å². The Balaban J connectivity index is 1.79. The van der Waals surface area contributed by atoms with Crippen molar-refractivity contribution in [3.05, 3.63) is 93.9 Å². The molecule has 1 aromatic heterocycles. The number of hydrogen-bond acceptors (Lipinski definition) is 2. The monoisotopic (exact) mass is 421 g/mol. The zero-order valence-electron chi connectivity index (χ0n) is 18.9. The van der Waals surface area contributed by atoms with Crippen LogP contribution in [0, 0.1) is 37.9 Å². The lowest BCUT2D eigenvalue weighted by molar-refractivity contribution is 0.550. The molecule has 0 amide bonds. The predicted molar refractivity (Wildman–Crippen MR) is 125 cm³/mol. The van der Waals surface area contributed by atoms with Gasteiger partial charge in [0.25, 0.3) is 0 Å². The van der Waals surface area contributed by atoms with Crippen LogP contribution >= 0.6 is 0 Å². The summed E-state index contributed by atoms with van der Waals surface area (Å²) in [5.41, 5.74) is 8.96. The van der Waals surface area contributed by atoms with Crippen LogP contribution in [-0.2, 0) is 5.41 Å². The lowest BCUT2D eigenvalue weighted by Crippen LogP contribution is -2.18. The van der Waals surface area contributed by atoms with Gasteiger partial charge in [-0.15, -0.1) is 0 Å². The summed E-state index contributed by atoms with van der Waals surface area (Å²) in [4.78, 5) is 0. The second-order valence-electron chi connectivity index (χ2n) is 9.20. The maximum Gasteiger partial charge on any atom is 0.163 e. The maximum atomic E-state index is 16.3. The summed E-state index contributed by atoms with van der Waals surface area (Å²) in [6, 6.07) is 19.9. The molecule has 5 rings (SSSR count). The molecular weight excluding hydrogens is 397 g/mol. The lowest BCUT2D eigenvalue weighted by atomic mass is 9.82. The number of fused-ring (bicyclic) bond motifs is 3. The lowest BCUT2D eigenvalue weighted by Gasteiger charge is -2.23. The average Bonchev–Trinajstić information content (AvgIpc) is 3.25. The molecule has 0 aliphatic heterocycles. The van der Waals surface area contributed by atoms with Crippen molar-refractivity contribution in [1.82, 2.24) is 9.78 Å². The Morgan fingerprint density at radius 1 is 0.938 bits per heavy atom. The molecule has 0 radical (unpaired) electrons. The van der Waals surface area contributed by atoms with E-state index in [4.69, 9.17) is 0 Å². The van der Waals surface area contributed by atoms with Gasteiger partial charge >= 0.3 is 0 Å². The van der Waals surface area contributed by atoms with Crippen molar-refractivity contribution in [1.29, 1.82) is 5.26 Å². The van der Waals surface area contributed by atoms with Crippen molar-refractivity contribution in [3.63, 3.8) is 0 Å². The molecule has 1 aliphatic rings. The molecule has 0 saturated heterocycles. The summed E-state index contributed by atoms with van der Waals surface area (Å²) in [5.74, 6) is -0.292. The molecule has 0 N–H and O–H groups in total.